The van der Waals surface area contributed by atoms with Gasteiger partial charge in [0.05, 0.1) is 13.1 Å². The highest BCUT2D eigenvalue weighted by atomic mass is 15.3. The van der Waals surface area contributed by atoms with Gasteiger partial charge in [0.15, 0.2) is 11.8 Å². The van der Waals surface area contributed by atoms with Crippen molar-refractivity contribution in [3.63, 3.8) is 0 Å². The zero-order chi connectivity index (χ0) is 19.9. The van der Waals surface area contributed by atoms with E-state index >= 15 is 0 Å². The summed E-state index contributed by atoms with van der Waals surface area (Å²) in [5.41, 5.74) is 1.21. The van der Waals surface area contributed by atoms with E-state index in [1.807, 2.05) is 24.6 Å². The number of benzene rings is 1. The van der Waals surface area contributed by atoms with Crippen molar-refractivity contribution in [2.75, 3.05) is 0 Å². The molecule has 0 saturated heterocycles. The summed E-state index contributed by atoms with van der Waals surface area (Å²) in [4.78, 5) is 4.83. The van der Waals surface area contributed by atoms with Gasteiger partial charge in [0, 0.05) is 13.1 Å². The van der Waals surface area contributed by atoms with Gasteiger partial charge in [0.2, 0.25) is 0 Å². The van der Waals surface area contributed by atoms with Crippen LogP contribution in [0.5, 0.6) is 0 Å². The second-order valence-electron chi connectivity index (χ2n) is 8.23. The lowest BCUT2D eigenvalue weighted by molar-refractivity contribution is 0.250. The summed E-state index contributed by atoms with van der Waals surface area (Å²) in [5.74, 6) is 4.33. The van der Waals surface area contributed by atoms with Gasteiger partial charge in [-0.05, 0) is 50.0 Å². The number of hydrogen-bond donors (Lipinski definition) is 2. The first-order valence-corrected chi connectivity index (χ1v) is 10.5. The second-order valence-corrected chi connectivity index (χ2v) is 8.23. The maximum absolute atomic E-state index is 4.83. The van der Waals surface area contributed by atoms with E-state index in [0.717, 1.165) is 29.4 Å². The molecule has 0 radical (unpaired) electrons. The first-order valence-electron chi connectivity index (χ1n) is 10.5. The molecule has 1 fully saturated rings. The molecule has 3 rings (SSSR count). The van der Waals surface area contributed by atoms with Crippen molar-refractivity contribution < 1.29 is 0 Å². The van der Waals surface area contributed by atoms with Gasteiger partial charge >= 0.3 is 0 Å². The lowest BCUT2D eigenvalue weighted by Crippen LogP contribution is -2.45. The number of aromatic nitrogens is 3. The molecule has 152 valence electrons. The van der Waals surface area contributed by atoms with E-state index < -0.39 is 0 Å². The van der Waals surface area contributed by atoms with E-state index in [4.69, 9.17) is 4.99 Å². The zero-order valence-electron chi connectivity index (χ0n) is 17.7. The van der Waals surface area contributed by atoms with Crippen LogP contribution in [0, 0.1) is 18.8 Å². The smallest absolute Gasteiger partial charge is 0.192 e. The molecule has 2 aromatic rings. The van der Waals surface area contributed by atoms with Crippen LogP contribution >= 0.6 is 0 Å². The van der Waals surface area contributed by atoms with Gasteiger partial charge in [-0.3, -0.25) is 0 Å². The number of guanidine groups is 1. The quantitative estimate of drug-likeness (QED) is 0.592. The van der Waals surface area contributed by atoms with Crippen LogP contribution in [0.3, 0.4) is 0 Å². The van der Waals surface area contributed by atoms with Gasteiger partial charge in [-0.15, -0.1) is 10.2 Å². The molecule has 1 aliphatic rings. The molecule has 0 unspecified atom stereocenters. The van der Waals surface area contributed by atoms with E-state index in [0.29, 0.717) is 19.1 Å². The van der Waals surface area contributed by atoms with Crippen LogP contribution in [0.15, 0.2) is 35.3 Å². The second kappa shape index (κ2) is 9.71. The first kappa shape index (κ1) is 20.4. The molecular weight excluding hydrogens is 348 g/mol. The van der Waals surface area contributed by atoms with Crippen LogP contribution in [0.2, 0.25) is 0 Å². The number of rotatable bonds is 6. The molecule has 0 atom stereocenters. The summed E-state index contributed by atoms with van der Waals surface area (Å²) >= 11 is 0. The Bertz CT molecular complexity index is 757. The molecule has 0 amide bonds. The molecule has 1 aliphatic carbocycles. The van der Waals surface area contributed by atoms with E-state index in [1.54, 1.807) is 0 Å². The summed E-state index contributed by atoms with van der Waals surface area (Å²) in [6.07, 6.45) is 5.00. The molecule has 0 spiro atoms. The fourth-order valence-electron chi connectivity index (χ4n) is 3.80. The summed E-state index contributed by atoms with van der Waals surface area (Å²) in [6, 6.07) is 10.9. The third-order valence-electron chi connectivity index (χ3n) is 5.91. The van der Waals surface area contributed by atoms with Gasteiger partial charge in [-0.2, -0.15) is 0 Å². The molecule has 1 aromatic heterocycles. The van der Waals surface area contributed by atoms with Gasteiger partial charge < -0.3 is 15.2 Å². The van der Waals surface area contributed by atoms with Crippen LogP contribution in [0.4, 0.5) is 0 Å². The van der Waals surface area contributed by atoms with Crippen LogP contribution in [0.1, 0.15) is 56.7 Å². The standard InChI is InChI=1S/C22H34N6/c1-16(2)19-10-12-20(13-11-19)25-22(23-14-18-8-6-5-7-9-18)24-15-21-27-26-17(3)28(21)4/h5-9,16,19-20H,10-15H2,1-4H3,(H2,23,24,25). The van der Waals surface area contributed by atoms with Crippen molar-refractivity contribution in [1.29, 1.82) is 0 Å². The Kier molecular flexibility index (Phi) is 7.06. The predicted molar refractivity (Wildman–Crippen MR) is 114 cm³/mol. The Labute approximate surface area is 168 Å². The van der Waals surface area contributed by atoms with Crippen molar-refractivity contribution in [2.24, 2.45) is 23.9 Å². The summed E-state index contributed by atoms with van der Waals surface area (Å²) in [5, 5.41) is 15.5. The van der Waals surface area contributed by atoms with Crippen molar-refractivity contribution in [2.45, 2.75) is 65.6 Å². The Morgan fingerprint density at radius 1 is 1.14 bits per heavy atom. The molecule has 1 saturated carbocycles. The zero-order valence-corrected chi connectivity index (χ0v) is 17.7. The molecule has 0 aliphatic heterocycles. The van der Waals surface area contributed by atoms with Crippen molar-refractivity contribution >= 4 is 5.96 Å². The van der Waals surface area contributed by atoms with Crippen molar-refractivity contribution in [3.8, 4) is 0 Å². The van der Waals surface area contributed by atoms with Gasteiger partial charge in [0.1, 0.15) is 5.82 Å². The number of aryl methyl sites for hydroxylation is 1. The highest BCUT2D eigenvalue weighted by molar-refractivity contribution is 5.80. The minimum atomic E-state index is 0.484. The minimum Gasteiger partial charge on any atom is -0.354 e. The van der Waals surface area contributed by atoms with Gasteiger partial charge in [-0.25, -0.2) is 4.99 Å². The van der Waals surface area contributed by atoms with E-state index in [2.05, 4.69) is 58.9 Å². The molecule has 2 N–H and O–H groups in total. The molecular formula is C22H34N6. The molecule has 28 heavy (non-hydrogen) atoms. The fraction of sp³-hybridized carbons (Fsp3) is 0.591. The lowest BCUT2D eigenvalue weighted by atomic mass is 9.80. The Morgan fingerprint density at radius 2 is 1.86 bits per heavy atom. The molecule has 1 heterocycles. The molecule has 6 heteroatoms. The van der Waals surface area contributed by atoms with Crippen LogP contribution in [-0.4, -0.2) is 26.8 Å². The fourth-order valence-corrected chi connectivity index (χ4v) is 3.80. The highest BCUT2D eigenvalue weighted by Crippen LogP contribution is 2.29. The number of hydrogen-bond acceptors (Lipinski definition) is 3. The number of aliphatic imine (C=N–C) groups is 1. The third kappa shape index (κ3) is 5.57. The molecule has 0 bridgehead atoms. The number of nitrogens with one attached hydrogen (secondary N) is 2. The Balaban J connectivity index is 1.63. The summed E-state index contributed by atoms with van der Waals surface area (Å²) < 4.78 is 2.01. The monoisotopic (exact) mass is 382 g/mol. The lowest BCUT2D eigenvalue weighted by Gasteiger charge is -2.32. The topological polar surface area (TPSA) is 67.1 Å². The Morgan fingerprint density at radius 3 is 2.46 bits per heavy atom. The van der Waals surface area contributed by atoms with Crippen LogP contribution < -0.4 is 10.6 Å². The molecule has 6 nitrogen and oxygen atoms in total. The van der Waals surface area contributed by atoms with Crippen LogP contribution in [-0.2, 0) is 20.1 Å². The predicted octanol–water partition coefficient (Wildman–Crippen LogP) is 3.57. The maximum Gasteiger partial charge on any atom is 0.192 e. The third-order valence-corrected chi connectivity index (χ3v) is 5.91. The van der Waals surface area contributed by atoms with Crippen molar-refractivity contribution in [3.05, 3.63) is 47.5 Å². The van der Waals surface area contributed by atoms with E-state index in [-0.39, 0.29) is 0 Å². The van der Waals surface area contributed by atoms with Crippen molar-refractivity contribution in [1.82, 2.24) is 25.4 Å². The SMILES string of the molecule is Cc1nnc(CNC(=NCc2ccccc2)NC2CCC(C(C)C)CC2)n1C. The minimum absolute atomic E-state index is 0.484. The van der Waals surface area contributed by atoms with E-state index in [1.165, 1.54) is 31.2 Å². The normalized spacial score (nSPS) is 20.4. The average molecular weight is 383 g/mol. The summed E-state index contributed by atoms with van der Waals surface area (Å²) in [6.45, 7) is 7.92. The molecule has 1 aromatic carbocycles. The Hall–Kier alpha value is -2.37. The van der Waals surface area contributed by atoms with Crippen LogP contribution in [0.25, 0.3) is 0 Å². The maximum atomic E-state index is 4.83. The van der Waals surface area contributed by atoms with Gasteiger partial charge in [0.25, 0.3) is 0 Å². The average Bonchev–Trinajstić information content (AvgIpc) is 3.03. The first-order chi connectivity index (χ1) is 13.5. The number of nitrogens with zero attached hydrogens (tertiary/aromatic N) is 4. The largest absolute Gasteiger partial charge is 0.354 e. The summed E-state index contributed by atoms with van der Waals surface area (Å²) in [7, 11) is 1.99. The van der Waals surface area contributed by atoms with Gasteiger partial charge in [-0.1, -0.05) is 44.2 Å². The highest BCUT2D eigenvalue weighted by Gasteiger charge is 2.23. The van der Waals surface area contributed by atoms with E-state index in [9.17, 15) is 0 Å².